The topological polar surface area (TPSA) is 39.2 Å². The molecule has 104 valence electrons. The van der Waals surface area contributed by atoms with Crippen LogP contribution in [0.1, 0.15) is 10.4 Å². The van der Waals surface area contributed by atoms with Crippen LogP contribution in [0.15, 0.2) is 63.7 Å². The summed E-state index contributed by atoms with van der Waals surface area (Å²) in [6.45, 7) is 0. The average molecular weight is 407 g/mol. The van der Waals surface area contributed by atoms with E-state index in [1.165, 1.54) is 0 Å². The highest BCUT2D eigenvalue weighted by molar-refractivity contribution is 9.11. The fourth-order valence-electron chi connectivity index (χ4n) is 1.97. The van der Waals surface area contributed by atoms with Crippen LogP contribution in [0.2, 0.25) is 0 Å². The molecule has 0 aliphatic carbocycles. The SMILES string of the molecule is O=C(Oc1cccc2cccnc12)c1ccc(Br)cc1Br. The summed E-state index contributed by atoms with van der Waals surface area (Å²) in [6, 6.07) is 14.6. The number of para-hydroxylation sites is 1. The molecule has 3 rings (SSSR count). The molecular formula is C16H9Br2NO2. The summed E-state index contributed by atoms with van der Waals surface area (Å²) >= 11 is 6.72. The first-order chi connectivity index (χ1) is 10.1. The van der Waals surface area contributed by atoms with Gasteiger partial charge in [0.1, 0.15) is 5.52 Å². The molecule has 0 radical (unpaired) electrons. The van der Waals surface area contributed by atoms with Gasteiger partial charge in [0.05, 0.1) is 5.56 Å². The van der Waals surface area contributed by atoms with Crippen molar-refractivity contribution in [2.24, 2.45) is 0 Å². The number of aromatic nitrogens is 1. The average Bonchev–Trinajstić information content (AvgIpc) is 2.47. The molecule has 21 heavy (non-hydrogen) atoms. The molecule has 0 aliphatic heterocycles. The number of hydrogen-bond acceptors (Lipinski definition) is 3. The molecule has 0 spiro atoms. The zero-order valence-electron chi connectivity index (χ0n) is 10.7. The van der Waals surface area contributed by atoms with Crippen LogP contribution in [0.25, 0.3) is 10.9 Å². The number of benzene rings is 2. The van der Waals surface area contributed by atoms with Crippen molar-refractivity contribution in [3.05, 3.63) is 69.2 Å². The Labute approximate surface area is 138 Å². The number of hydrogen-bond donors (Lipinski definition) is 0. The quantitative estimate of drug-likeness (QED) is 0.445. The molecule has 2 aromatic carbocycles. The van der Waals surface area contributed by atoms with Crippen LogP contribution in [0, 0.1) is 0 Å². The number of fused-ring (bicyclic) bond motifs is 1. The van der Waals surface area contributed by atoms with E-state index in [2.05, 4.69) is 36.8 Å². The van der Waals surface area contributed by atoms with E-state index < -0.39 is 5.97 Å². The number of ether oxygens (including phenoxy) is 1. The second kappa shape index (κ2) is 5.95. The highest BCUT2D eigenvalue weighted by Gasteiger charge is 2.14. The van der Waals surface area contributed by atoms with Crippen LogP contribution in [-0.2, 0) is 0 Å². The first kappa shape index (κ1) is 14.2. The Bertz CT molecular complexity index is 828. The van der Waals surface area contributed by atoms with Gasteiger partial charge in [-0.25, -0.2) is 4.79 Å². The zero-order chi connectivity index (χ0) is 14.8. The smallest absolute Gasteiger partial charge is 0.344 e. The predicted molar refractivity (Wildman–Crippen MR) is 88.5 cm³/mol. The summed E-state index contributed by atoms with van der Waals surface area (Å²) in [5, 5.41) is 0.928. The monoisotopic (exact) mass is 405 g/mol. The predicted octanol–water partition coefficient (Wildman–Crippen LogP) is 4.98. The van der Waals surface area contributed by atoms with Crippen LogP contribution >= 0.6 is 31.9 Å². The molecule has 0 saturated carbocycles. The van der Waals surface area contributed by atoms with Gasteiger partial charge in [0.2, 0.25) is 0 Å². The lowest BCUT2D eigenvalue weighted by Crippen LogP contribution is -2.09. The van der Waals surface area contributed by atoms with Crippen molar-refractivity contribution in [3.8, 4) is 5.75 Å². The van der Waals surface area contributed by atoms with Gasteiger partial charge in [0.15, 0.2) is 5.75 Å². The molecule has 0 unspecified atom stereocenters. The molecule has 0 atom stereocenters. The summed E-state index contributed by atoms with van der Waals surface area (Å²) in [6.07, 6.45) is 1.68. The van der Waals surface area contributed by atoms with Crippen molar-refractivity contribution in [2.75, 3.05) is 0 Å². The second-order valence-corrected chi connectivity index (χ2v) is 6.11. The molecule has 0 amide bonds. The molecule has 0 fully saturated rings. The first-order valence-corrected chi connectivity index (χ1v) is 7.75. The van der Waals surface area contributed by atoms with Crippen LogP contribution in [-0.4, -0.2) is 11.0 Å². The van der Waals surface area contributed by atoms with Crippen LogP contribution < -0.4 is 4.74 Å². The Morgan fingerprint density at radius 2 is 1.86 bits per heavy atom. The maximum absolute atomic E-state index is 12.3. The van der Waals surface area contributed by atoms with Crippen molar-refractivity contribution in [1.82, 2.24) is 4.98 Å². The highest BCUT2D eigenvalue weighted by atomic mass is 79.9. The van der Waals surface area contributed by atoms with Gasteiger partial charge in [-0.05, 0) is 46.3 Å². The van der Waals surface area contributed by atoms with Gasteiger partial charge in [-0.1, -0.05) is 34.1 Å². The third-order valence-corrected chi connectivity index (χ3v) is 4.10. The third kappa shape index (κ3) is 2.99. The van der Waals surface area contributed by atoms with Crippen molar-refractivity contribution < 1.29 is 9.53 Å². The van der Waals surface area contributed by atoms with E-state index >= 15 is 0 Å². The molecule has 0 saturated heterocycles. The lowest BCUT2D eigenvalue weighted by atomic mass is 10.2. The van der Waals surface area contributed by atoms with Crippen molar-refractivity contribution in [3.63, 3.8) is 0 Å². The number of halogens is 2. The summed E-state index contributed by atoms with van der Waals surface area (Å²) in [5.74, 6) is 0.0282. The summed E-state index contributed by atoms with van der Waals surface area (Å²) in [4.78, 5) is 16.6. The fourth-order valence-corrected chi connectivity index (χ4v) is 3.18. The molecule has 0 bridgehead atoms. The highest BCUT2D eigenvalue weighted by Crippen LogP contribution is 2.26. The van der Waals surface area contributed by atoms with Gasteiger partial charge in [0.25, 0.3) is 0 Å². The minimum atomic E-state index is -0.424. The normalized spacial score (nSPS) is 10.6. The molecule has 1 aromatic heterocycles. The molecule has 3 nitrogen and oxygen atoms in total. The third-order valence-electron chi connectivity index (χ3n) is 2.95. The standard InChI is InChI=1S/C16H9Br2NO2/c17-11-6-7-12(13(18)9-11)16(20)21-14-5-1-3-10-4-2-8-19-15(10)14/h1-9H. The van der Waals surface area contributed by atoms with E-state index in [1.807, 2.05) is 24.3 Å². The van der Waals surface area contributed by atoms with E-state index in [9.17, 15) is 4.79 Å². The Morgan fingerprint density at radius 3 is 2.67 bits per heavy atom. The maximum atomic E-state index is 12.3. The lowest BCUT2D eigenvalue weighted by Gasteiger charge is -2.08. The van der Waals surface area contributed by atoms with Gasteiger partial charge in [-0.3, -0.25) is 4.98 Å². The van der Waals surface area contributed by atoms with Gasteiger partial charge in [-0.15, -0.1) is 0 Å². The van der Waals surface area contributed by atoms with Gasteiger partial charge in [-0.2, -0.15) is 0 Å². The van der Waals surface area contributed by atoms with Crippen molar-refractivity contribution >= 4 is 48.7 Å². The molecule has 0 N–H and O–H groups in total. The Balaban J connectivity index is 1.97. The first-order valence-electron chi connectivity index (χ1n) is 6.16. The lowest BCUT2D eigenvalue weighted by molar-refractivity contribution is 0.0736. The summed E-state index contributed by atoms with van der Waals surface area (Å²) in [7, 11) is 0. The fraction of sp³-hybridized carbons (Fsp3) is 0. The number of pyridine rings is 1. The van der Waals surface area contributed by atoms with E-state index in [4.69, 9.17) is 4.74 Å². The van der Waals surface area contributed by atoms with Crippen LogP contribution in [0.5, 0.6) is 5.75 Å². The van der Waals surface area contributed by atoms with Crippen molar-refractivity contribution in [1.29, 1.82) is 0 Å². The second-order valence-electron chi connectivity index (χ2n) is 4.34. The zero-order valence-corrected chi connectivity index (χ0v) is 13.9. The molecule has 3 aromatic rings. The molecule has 0 aliphatic rings. The van der Waals surface area contributed by atoms with E-state index in [1.54, 1.807) is 30.5 Å². The Morgan fingerprint density at radius 1 is 1.05 bits per heavy atom. The van der Waals surface area contributed by atoms with Crippen LogP contribution in [0.3, 0.4) is 0 Å². The van der Waals surface area contributed by atoms with Gasteiger partial charge >= 0.3 is 5.97 Å². The van der Waals surface area contributed by atoms with Gasteiger partial charge in [0, 0.05) is 20.5 Å². The van der Waals surface area contributed by atoms with E-state index in [0.29, 0.717) is 21.3 Å². The van der Waals surface area contributed by atoms with Crippen LogP contribution in [0.4, 0.5) is 0 Å². The maximum Gasteiger partial charge on any atom is 0.344 e. The minimum absolute atomic E-state index is 0.424. The molecule has 1 heterocycles. The number of carbonyl (C=O) groups is 1. The minimum Gasteiger partial charge on any atom is -0.421 e. The molecule has 5 heteroatoms. The number of nitrogens with zero attached hydrogens (tertiary/aromatic N) is 1. The number of esters is 1. The largest absolute Gasteiger partial charge is 0.421 e. The number of carbonyl (C=O) groups excluding carboxylic acids is 1. The number of rotatable bonds is 2. The Hall–Kier alpha value is -1.72. The van der Waals surface area contributed by atoms with Crippen molar-refractivity contribution in [2.45, 2.75) is 0 Å². The molecular weight excluding hydrogens is 398 g/mol. The van der Waals surface area contributed by atoms with Gasteiger partial charge < -0.3 is 4.74 Å². The summed E-state index contributed by atoms with van der Waals surface area (Å²) in [5.41, 5.74) is 1.13. The Kier molecular flexibility index (Phi) is 4.03. The van der Waals surface area contributed by atoms with E-state index in [0.717, 1.165) is 9.86 Å². The summed E-state index contributed by atoms with van der Waals surface area (Å²) < 4.78 is 7.05. The van der Waals surface area contributed by atoms with E-state index in [-0.39, 0.29) is 0 Å².